The average Bonchev–Trinajstić information content (AvgIpc) is 2.77. The van der Waals surface area contributed by atoms with Crippen LogP contribution in [0.2, 0.25) is 0 Å². The first-order valence-electron chi connectivity index (χ1n) is 5.32. The number of allylic oxidation sites excluding steroid dienone is 1. The highest BCUT2D eigenvalue weighted by Gasteiger charge is 2.27. The monoisotopic (exact) mass is 201 g/mol. The highest BCUT2D eigenvalue weighted by atomic mass is 19.1. The second-order valence-electron chi connectivity index (χ2n) is 4.17. The van der Waals surface area contributed by atoms with E-state index in [1.807, 2.05) is 12.3 Å². The van der Waals surface area contributed by atoms with E-state index in [4.69, 9.17) is 0 Å². The number of hydrogen-bond acceptors (Lipinski definition) is 1. The summed E-state index contributed by atoms with van der Waals surface area (Å²) in [5.41, 5.74) is 3.87. The molecule has 0 radical (unpaired) electrons. The summed E-state index contributed by atoms with van der Waals surface area (Å²) in [4.78, 5) is 4.27. The zero-order chi connectivity index (χ0) is 10.3. The van der Waals surface area contributed by atoms with Crippen LogP contribution in [0.4, 0.5) is 4.39 Å². The van der Waals surface area contributed by atoms with Crippen LogP contribution in [0.15, 0.2) is 40.4 Å². The summed E-state index contributed by atoms with van der Waals surface area (Å²) in [6.07, 6.45) is 4.20. The molecule has 0 fully saturated rings. The topological polar surface area (TPSA) is 12.4 Å². The molecule has 0 unspecified atom stereocenters. The maximum atomic E-state index is 13.1. The lowest BCUT2D eigenvalue weighted by atomic mass is 9.93. The molecule has 1 aromatic carbocycles. The van der Waals surface area contributed by atoms with Crippen LogP contribution in [-0.4, -0.2) is 12.8 Å². The van der Waals surface area contributed by atoms with Crippen LogP contribution >= 0.6 is 0 Å². The fourth-order valence-corrected chi connectivity index (χ4v) is 2.54. The number of benzene rings is 1. The van der Waals surface area contributed by atoms with E-state index >= 15 is 0 Å². The van der Waals surface area contributed by atoms with Gasteiger partial charge in [-0.1, -0.05) is 12.1 Å². The molecule has 1 nitrogen and oxygen atoms in total. The van der Waals surface area contributed by atoms with Gasteiger partial charge in [0.1, 0.15) is 5.82 Å². The van der Waals surface area contributed by atoms with Crippen LogP contribution in [0, 0.1) is 5.82 Å². The molecule has 3 rings (SSSR count). The summed E-state index contributed by atoms with van der Waals surface area (Å²) in [6.45, 7) is 0.862. The number of nitrogens with zero attached hydrogens (tertiary/aromatic N) is 1. The van der Waals surface area contributed by atoms with E-state index in [1.165, 1.54) is 17.2 Å². The van der Waals surface area contributed by atoms with Gasteiger partial charge in [0.25, 0.3) is 0 Å². The smallest absolute Gasteiger partial charge is 0.123 e. The maximum Gasteiger partial charge on any atom is 0.123 e. The third-order valence-electron chi connectivity index (χ3n) is 3.28. The summed E-state index contributed by atoms with van der Waals surface area (Å²) in [5.74, 6) is 0.235. The minimum atomic E-state index is -0.142. The van der Waals surface area contributed by atoms with E-state index in [2.05, 4.69) is 4.99 Å². The van der Waals surface area contributed by atoms with Gasteiger partial charge in [-0.05, 0) is 41.7 Å². The van der Waals surface area contributed by atoms with Crippen molar-refractivity contribution in [2.75, 3.05) is 6.54 Å². The third kappa shape index (κ3) is 1.41. The van der Waals surface area contributed by atoms with Crippen LogP contribution in [-0.2, 0) is 0 Å². The average molecular weight is 201 g/mol. The number of hydrogen-bond donors (Lipinski definition) is 0. The van der Waals surface area contributed by atoms with Crippen molar-refractivity contribution < 1.29 is 4.39 Å². The van der Waals surface area contributed by atoms with Gasteiger partial charge in [-0.3, -0.25) is 4.99 Å². The van der Waals surface area contributed by atoms with Crippen LogP contribution in [0.25, 0.3) is 0 Å². The van der Waals surface area contributed by atoms with Gasteiger partial charge in [0, 0.05) is 12.1 Å². The number of aliphatic imine (C=N–C) groups is 1. The highest BCUT2D eigenvalue weighted by molar-refractivity contribution is 5.85. The minimum absolute atomic E-state index is 0.142. The minimum Gasteiger partial charge on any atom is -0.288 e. The Balaban J connectivity index is 1.99. The molecule has 0 saturated carbocycles. The number of rotatable bonds is 1. The van der Waals surface area contributed by atoms with Crippen molar-refractivity contribution >= 4 is 6.21 Å². The van der Waals surface area contributed by atoms with Gasteiger partial charge >= 0.3 is 0 Å². The molecule has 76 valence electrons. The van der Waals surface area contributed by atoms with Gasteiger partial charge in [-0.15, -0.1) is 0 Å². The van der Waals surface area contributed by atoms with E-state index in [0.717, 1.165) is 24.9 Å². The molecular formula is C13H12FN. The Morgan fingerprint density at radius 1 is 1.33 bits per heavy atom. The lowest BCUT2D eigenvalue weighted by molar-refractivity contribution is 0.622. The second-order valence-corrected chi connectivity index (χ2v) is 4.17. The Bertz CT molecular complexity index is 459. The highest BCUT2D eigenvalue weighted by Crippen LogP contribution is 2.40. The van der Waals surface area contributed by atoms with Crippen molar-refractivity contribution in [2.24, 2.45) is 4.99 Å². The molecule has 0 amide bonds. The van der Waals surface area contributed by atoms with Gasteiger partial charge < -0.3 is 0 Å². The summed E-state index contributed by atoms with van der Waals surface area (Å²) in [5, 5.41) is 0. The fourth-order valence-electron chi connectivity index (χ4n) is 2.54. The van der Waals surface area contributed by atoms with Crippen molar-refractivity contribution in [3.63, 3.8) is 0 Å². The molecule has 1 aromatic rings. The van der Waals surface area contributed by atoms with E-state index in [9.17, 15) is 4.39 Å². The zero-order valence-electron chi connectivity index (χ0n) is 8.41. The van der Waals surface area contributed by atoms with Crippen molar-refractivity contribution in [1.82, 2.24) is 0 Å². The van der Waals surface area contributed by atoms with E-state index in [0.29, 0.717) is 5.92 Å². The SMILES string of the molecule is Fc1cccc([C@H]2CCC3=C2C=NC3)c1. The van der Waals surface area contributed by atoms with Gasteiger partial charge in [0.05, 0.1) is 6.54 Å². The van der Waals surface area contributed by atoms with Crippen molar-refractivity contribution in [3.8, 4) is 0 Å². The molecule has 1 heterocycles. The van der Waals surface area contributed by atoms with Gasteiger partial charge in [0.2, 0.25) is 0 Å². The van der Waals surface area contributed by atoms with E-state index in [-0.39, 0.29) is 5.82 Å². The summed E-state index contributed by atoms with van der Waals surface area (Å²) >= 11 is 0. The molecule has 2 heteroatoms. The quantitative estimate of drug-likeness (QED) is 0.662. The van der Waals surface area contributed by atoms with Crippen LogP contribution in [0.3, 0.4) is 0 Å². The van der Waals surface area contributed by atoms with Gasteiger partial charge in [-0.25, -0.2) is 4.39 Å². The first-order chi connectivity index (χ1) is 7.34. The standard InChI is InChI=1S/C13H12FN/c14-11-3-1-2-9(6-11)12-5-4-10-7-15-8-13(10)12/h1-3,6,8,12H,4-5,7H2/t12-/m1/s1. The van der Waals surface area contributed by atoms with Gasteiger partial charge in [-0.2, -0.15) is 0 Å². The molecule has 1 atom stereocenters. The molecule has 0 aromatic heterocycles. The van der Waals surface area contributed by atoms with E-state index in [1.54, 1.807) is 12.1 Å². The molecule has 0 spiro atoms. The summed E-state index contributed by atoms with van der Waals surface area (Å²) < 4.78 is 13.1. The first-order valence-corrected chi connectivity index (χ1v) is 5.32. The first kappa shape index (κ1) is 8.84. The predicted octanol–water partition coefficient (Wildman–Crippen LogP) is 3.08. The molecule has 0 N–H and O–H groups in total. The zero-order valence-corrected chi connectivity index (χ0v) is 8.41. The maximum absolute atomic E-state index is 13.1. The lowest BCUT2D eigenvalue weighted by Crippen LogP contribution is -1.98. The molecule has 1 aliphatic carbocycles. The van der Waals surface area contributed by atoms with Crippen LogP contribution < -0.4 is 0 Å². The Hall–Kier alpha value is -1.44. The number of halogens is 1. The largest absolute Gasteiger partial charge is 0.288 e. The second kappa shape index (κ2) is 3.30. The molecule has 2 aliphatic rings. The normalized spacial score (nSPS) is 23.7. The fraction of sp³-hybridized carbons (Fsp3) is 0.308. The summed E-state index contributed by atoms with van der Waals surface area (Å²) in [7, 11) is 0. The predicted molar refractivity (Wildman–Crippen MR) is 58.8 cm³/mol. The molecule has 1 aliphatic heterocycles. The van der Waals surface area contributed by atoms with Crippen LogP contribution in [0.5, 0.6) is 0 Å². The Kier molecular flexibility index (Phi) is 1.94. The summed E-state index contributed by atoms with van der Waals surface area (Å²) in [6, 6.07) is 6.94. The van der Waals surface area contributed by atoms with Crippen molar-refractivity contribution in [2.45, 2.75) is 18.8 Å². The third-order valence-corrected chi connectivity index (χ3v) is 3.28. The van der Waals surface area contributed by atoms with Crippen LogP contribution in [0.1, 0.15) is 24.3 Å². The Morgan fingerprint density at radius 3 is 3.13 bits per heavy atom. The lowest BCUT2D eigenvalue weighted by Gasteiger charge is -2.11. The Morgan fingerprint density at radius 2 is 2.27 bits per heavy atom. The molecule has 0 bridgehead atoms. The molecular weight excluding hydrogens is 189 g/mol. The van der Waals surface area contributed by atoms with Crippen molar-refractivity contribution in [1.29, 1.82) is 0 Å². The Labute approximate surface area is 88.3 Å². The molecule has 0 saturated heterocycles. The van der Waals surface area contributed by atoms with Crippen molar-refractivity contribution in [3.05, 3.63) is 46.8 Å². The molecule has 15 heavy (non-hydrogen) atoms. The van der Waals surface area contributed by atoms with E-state index < -0.39 is 0 Å². The van der Waals surface area contributed by atoms with Gasteiger partial charge in [0.15, 0.2) is 0 Å².